The number of rotatable bonds is 4. The maximum Gasteiger partial charge on any atom is 0.342 e. The number of cyclic esters (lactones) is 1. The lowest BCUT2D eigenvalue weighted by Crippen LogP contribution is -2.23. The highest BCUT2D eigenvalue weighted by atomic mass is 16.5. The Kier molecular flexibility index (Phi) is 9.69. The van der Waals surface area contributed by atoms with Gasteiger partial charge in [-0.05, 0) is 74.6 Å². The largest absolute Gasteiger partial charge is 0.507 e. The molecule has 3 heterocycles. The number of phenolic OH excluding ortho intramolecular Hbond substituents is 1. The number of ketones is 1. The molecule has 0 aliphatic carbocycles. The zero-order valence-electron chi connectivity index (χ0n) is 25.8. The van der Waals surface area contributed by atoms with Gasteiger partial charge >= 0.3 is 23.9 Å². The van der Waals surface area contributed by atoms with Gasteiger partial charge in [-0.15, -0.1) is 0 Å². The zero-order chi connectivity index (χ0) is 33.0. The number of hydrogen-bond donors (Lipinski definition) is 1. The molecule has 1 N–H and O–H groups in total. The van der Waals surface area contributed by atoms with Crippen molar-refractivity contribution in [1.29, 1.82) is 0 Å². The molecule has 0 unspecified atom stereocenters. The molecule has 0 amide bonds. The van der Waals surface area contributed by atoms with Crippen molar-refractivity contribution < 1.29 is 52.4 Å². The molecule has 2 aliphatic heterocycles. The highest BCUT2D eigenvalue weighted by Crippen LogP contribution is 2.48. The minimum absolute atomic E-state index is 0.0675. The number of carbonyl (C=O) groups is 5. The zero-order valence-corrected chi connectivity index (χ0v) is 25.8. The van der Waals surface area contributed by atoms with E-state index in [0.717, 1.165) is 0 Å². The van der Waals surface area contributed by atoms with Gasteiger partial charge in [-0.25, -0.2) is 14.4 Å². The first-order chi connectivity index (χ1) is 22.1. The summed E-state index contributed by atoms with van der Waals surface area (Å²) in [5, 5.41) is 11.7. The standard InChI is InChI=1S/C35H34O11/c1-19-8-7-11-24(36)10-6-4-5-9-20-17-28-31(32(38)30(20)35(41)44-19)25(18-29(37)46-28)27-13-12-26(45-27)21-14-22(33(39)42-2)16-23(15-21)34(40)43-3/h5,9,12-17,19,25,38H,4,6-8,10-11,18H2,1-3H3/t19-,25-/m1/s1. The van der Waals surface area contributed by atoms with Crippen LogP contribution in [-0.2, 0) is 23.8 Å². The van der Waals surface area contributed by atoms with Crippen LogP contribution in [-0.4, -0.2) is 55.1 Å². The predicted molar refractivity (Wildman–Crippen MR) is 164 cm³/mol. The molecule has 0 saturated heterocycles. The molecule has 2 atom stereocenters. The quantitative estimate of drug-likeness (QED) is 0.200. The van der Waals surface area contributed by atoms with E-state index in [1.54, 1.807) is 31.2 Å². The van der Waals surface area contributed by atoms with E-state index in [4.69, 9.17) is 23.4 Å². The van der Waals surface area contributed by atoms with Crippen molar-refractivity contribution in [1.82, 2.24) is 0 Å². The van der Waals surface area contributed by atoms with Crippen molar-refractivity contribution >= 4 is 35.7 Å². The minimum Gasteiger partial charge on any atom is -0.507 e. The molecule has 46 heavy (non-hydrogen) atoms. The fourth-order valence-electron chi connectivity index (χ4n) is 5.70. The lowest BCUT2D eigenvalue weighted by atomic mass is 9.86. The third kappa shape index (κ3) is 6.88. The van der Waals surface area contributed by atoms with Crippen molar-refractivity contribution in [3.63, 3.8) is 0 Å². The van der Waals surface area contributed by atoms with Gasteiger partial charge in [0.05, 0.1) is 43.8 Å². The van der Waals surface area contributed by atoms with E-state index in [1.165, 1.54) is 38.5 Å². The number of benzene rings is 2. The van der Waals surface area contributed by atoms with Crippen molar-refractivity contribution in [2.75, 3.05) is 14.2 Å². The Balaban J connectivity index is 1.57. The molecule has 1 aromatic heterocycles. The Bertz CT molecular complexity index is 1690. The third-order valence-corrected chi connectivity index (χ3v) is 8.01. The maximum atomic E-state index is 13.5. The van der Waals surface area contributed by atoms with Crippen LogP contribution in [0.5, 0.6) is 11.5 Å². The van der Waals surface area contributed by atoms with E-state index >= 15 is 0 Å². The SMILES string of the molecule is COC(=O)c1cc(C(=O)OC)cc(-c2ccc([C@H]3CC(=O)Oc4cc5c(c(O)c43)C(=O)O[C@H](C)CCCC(=O)CCCC=C5)o2)c1. The van der Waals surface area contributed by atoms with E-state index in [1.807, 2.05) is 0 Å². The Morgan fingerprint density at radius 1 is 0.935 bits per heavy atom. The number of esters is 4. The average molecular weight is 631 g/mol. The molecule has 11 heteroatoms. The maximum absolute atomic E-state index is 13.5. The molecular weight excluding hydrogens is 596 g/mol. The molecule has 5 rings (SSSR count). The van der Waals surface area contributed by atoms with Crippen LogP contribution >= 0.6 is 0 Å². The van der Waals surface area contributed by atoms with Gasteiger partial charge in [-0.3, -0.25) is 9.59 Å². The second kappa shape index (κ2) is 13.8. The van der Waals surface area contributed by atoms with Crippen molar-refractivity contribution in [3.8, 4) is 22.8 Å². The topological polar surface area (TPSA) is 156 Å². The van der Waals surface area contributed by atoms with Gasteiger partial charge in [0.2, 0.25) is 0 Å². The first-order valence-corrected chi connectivity index (χ1v) is 15.0. The molecule has 0 saturated carbocycles. The van der Waals surface area contributed by atoms with Gasteiger partial charge in [0.25, 0.3) is 0 Å². The van der Waals surface area contributed by atoms with Crippen LogP contribution in [0.3, 0.4) is 0 Å². The van der Waals surface area contributed by atoms with Gasteiger partial charge in [0, 0.05) is 24.0 Å². The van der Waals surface area contributed by atoms with Crippen LogP contribution in [0.2, 0.25) is 0 Å². The molecular formula is C35H34O11. The number of ether oxygens (including phenoxy) is 4. The fourth-order valence-corrected chi connectivity index (χ4v) is 5.70. The summed E-state index contributed by atoms with van der Waals surface area (Å²) >= 11 is 0. The van der Waals surface area contributed by atoms with Gasteiger partial charge < -0.3 is 28.5 Å². The van der Waals surface area contributed by atoms with Gasteiger partial charge in [-0.2, -0.15) is 0 Å². The summed E-state index contributed by atoms with van der Waals surface area (Å²) in [7, 11) is 2.44. The number of hydrogen-bond acceptors (Lipinski definition) is 11. The normalized spacial score (nSPS) is 18.8. The van der Waals surface area contributed by atoms with Crippen molar-refractivity contribution in [3.05, 3.63) is 76.1 Å². The summed E-state index contributed by atoms with van der Waals surface area (Å²) in [4.78, 5) is 63.1. The van der Waals surface area contributed by atoms with Gasteiger partial charge in [-0.1, -0.05) is 12.2 Å². The van der Waals surface area contributed by atoms with Crippen LogP contribution in [0.25, 0.3) is 17.4 Å². The number of methoxy groups -OCH3 is 2. The summed E-state index contributed by atoms with van der Waals surface area (Å²) < 4.78 is 27.0. The number of allylic oxidation sites excluding steroid dienone is 1. The number of furan rings is 1. The number of aromatic hydroxyl groups is 1. The van der Waals surface area contributed by atoms with Crippen LogP contribution < -0.4 is 4.74 Å². The molecule has 0 bridgehead atoms. The number of fused-ring (bicyclic) bond motifs is 2. The first kappa shape index (κ1) is 32.2. The summed E-state index contributed by atoms with van der Waals surface area (Å²) in [6.45, 7) is 1.73. The molecule has 2 aromatic carbocycles. The first-order valence-electron chi connectivity index (χ1n) is 15.0. The highest BCUT2D eigenvalue weighted by molar-refractivity contribution is 5.99. The molecule has 0 radical (unpaired) electrons. The predicted octanol–water partition coefficient (Wildman–Crippen LogP) is 6.15. The lowest BCUT2D eigenvalue weighted by Gasteiger charge is -2.26. The number of phenols is 1. The number of Topliss-reactive ketones (excluding diaryl/α,β-unsaturated/α-hetero) is 1. The summed E-state index contributed by atoms with van der Waals surface area (Å²) in [5.41, 5.74) is 0.975. The van der Waals surface area contributed by atoms with Crippen LogP contribution in [0.4, 0.5) is 0 Å². The second-order valence-electron chi connectivity index (χ2n) is 11.3. The van der Waals surface area contributed by atoms with E-state index < -0.39 is 41.6 Å². The van der Waals surface area contributed by atoms with Crippen LogP contribution in [0.1, 0.15) is 106 Å². The Hall–Kier alpha value is -5.19. The molecule has 0 fully saturated rings. The molecule has 2 aliphatic rings. The monoisotopic (exact) mass is 630 g/mol. The van der Waals surface area contributed by atoms with E-state index in [0.29, 0.717) is 49.7 Å². The minimum atomic E-state index is -0.840. The lowest BCUT2D eigenvalue weighted by molar-refractivity contribution is -0.135. The van der Waals surface area contributed by atoms with E-state index in [-0.39, 0.29) is 51.7 Å². The van der Waals surface area contributed by atoms with Crippen molar-refractivity contribution in [2.45, 2.75) is 63.9 Å². The molecule has 3 aromatic rings. The van der Waals surface area contributed by atoms with Crippen LogP contribution in [0, 0.1) is 0 Å². The number of carbonyl (C=O) groups excluding carboxylic acids is 5. The molecule has 240 valence electrons. The van der Waals surface area contributed by atoms with Gasteiger partial charge in [0.1, 0.15) is 34.4 Å². The Morgan fingerprint density at radius 3 is 2.33 bits per heavy atom. The Morgan fingerprint density at radius 2 is 1.63 bits per heavy atom. The van der Waals surface area contributed by atoms with E-state index in [2.05, 4.69) is 0 Å². The summed E-state index contributed by atoms with van der Waals surface area (Å²) in [5.74, 6) is -3.13. The Labute approximate surface area is 265 Å². The third-order valence-electron chi connectivity index (χ3n) is 8.01. The van der Waals surface area contributed by atoms with E-state index in [9.17, 15) is 29.1 Å². The van der Waals surface area contributed by atoms with Crippen LogP contribution in [0.15, 0.2) is 46.9 Å². The smallest absolute Gasteiger partial charge is 0.342 e. The summed E-state index contributed by atoms with van der Waals surface area (Å²) in [6, 6.07) is 9.05. The highest BCUT2D eigenvalue weighted by Gasteiger charge is 2.37. The molecule has 11 nitrogen and oxygen atoms in total. The fraction of sp³-hybridized carbons (Fsp3) is 0.343. The average Bonchev–Trinajstić information content (AvgIpc) is 3.53. The summed E-state index contributed by atoms with van der Waals surface area (Å²) in [6.07, 6.45) is 5.87. The van der Waals surface area contributed by atoms with Crippen molar-refractivity contribution in [2.24, 2.45) is 0 Å². The second-order valence-corrected chi connectivity index (χ2v) is 11.3. The van der Waals surface area contributed by atoms with Gasteiger partial charge in [0.15, 0.2) is 0 Å². The molecule has 0 spiro atoms.